The summed E-state index contributed by atoms with van der Waals surface area (Å²) in [5.41, 5.74) is 1.21. The lowest BCUT2D eigenvalue weighted by atomic mass is 10.2. The van der Waals surface area contributed by atoms with Gasteiger partial charge in [-0.25, -0.2) is 4.98 Å². The Kier molecular flexibility index (Phi) is 4.81. The number of nitrogens with one attached hydrogen (secondary N) is 1. The number of aryl methyl sites for hydroxylation is 1. The number of hydrogen-bond donors (Lipinski definition) is 1. The maximum absolute atomic E-state index is 5.16. The largest absolute Gasteiger partial charge is 0.337 e. The van der Waals surface area contributed by atoms with Crippen LogP contribution in [0.2, 0.25) is 0 Å². The fourth-order valence-corrected chi connectivity index (χ4v) is 1.25. The van der Waals surface area contributed by atoms with Crippen LogP contribution in [0.15, 0.2) is 12.5 Å². The molecule has 0 aromatic carbocycles. The second kappa shape index (κ2) is 6.22. The summed E-state index contributed by atoms with van der Waals surface area (Å²) in [4.78, 5) is 4.05. The number of aromatic nitrogens is 2. The first-order chi connectivity index (χ1) is 6.84. The van der Waals surface area contributed by atoms with Crippen molar-refractivity contribution in [1.29, 1.82) is 0 Å². The second-order valence-electron chi connectivity index (χ2n) is 3.33. The highest BCUT2D eigenvalue weighted by atomic mass is 15.0. The molecule has 1 N–H and O–H groups in total. The highest BCUT2D eigenvalue weighted by Gasteiger charge is 1.96. The molecule has 0 aliphatic rings. The quantitative estimate of drug-likeness (QED) is 0.543. The molecule has 0 atom stereocenters. The van der Waals surface area contributed by atoms with Gasteiger partial charge >= 0.3 is 0 Å². The van der Waals surface area contributed by atoms with Crippen LogP contribution in [0.1, 0.15) is 25.0 Å². The summed E-state index contributed by atoms with van der Waals surface area (Å²) < 4.78 is 2.02. The summed E-state index contributed by atoms with van der Waals surface area (Å²) in [6.45, 7) is 1.90. The van der Waals surface area contributed by atoms with E-state index in [4.69, 9.17) is 6.42 Å². The molecule has 1 aromatic rings. The molecule has 0 unspecified atom stereocenters. The van der Waals surface area contributed by atoms with Gasteiger partial charge in [-0.05, 0) is 19.4 Å². The van der Waals surface area contributed by atoms with Gasteiger partial charge in [-0.3, -0.25) is 0 Å². The number of nitrogens with zero attached hydrogens (tertiary/aromatic N) is 2. The first-order valence-electron chi connectivity index (χ1n) is 4.94. The average Bonchev–Trinajstić information content (AvgIpc) is 2.58. The topological polar surface area (TPSA) is 29.9 Å². The monoisotopic (exact) mass is 191 g/mol. The predicted molar refractivity (Wildman–Crippen MR) is 57.6 cm³/mol. The van der Waals surface area contributed by atoms with Gasteiger partial charge in [0.25, 0.3) is 0 Å². The summed E-state index contributed by atoms with van der Waals surface area (Å²) in [5, 5.41) is 3.36. The van der Waals surface area contributed by atoms with Gasteiger partial charge in [0, 0.05) is 26.2 Å². The third-order valence-corrected chi connectivity index (χ3v) is 2.15. The number of rotatable bonds is 6. The van der Waals surface area contributed by atoms with Gasteiger partial charge in [0.15, 0.2) is 0 Å². The smallest absolute Gasteiger partial charge is 0.0945 e. The molecule has 1 heterocycles. The van der Waals surface area contributed by atoms with Crippen LogP contribution in [0.4, 0.5) is 0 Å². The van der Waals surface area contributed by atoms with E-state index in [1.165, 1.54) is 5.69 Å². The Labute approximate surface area is 85.5 Å². The van der Waals surface area contributed by atoms with E-state index < -0.39 is 0 Å². The van der Waals surface area contributed by atoms with Crippen LogP contribution in [-0.4, -0.2) is 16.1 Å². The molecule has 0 amide bonds. The SMILES string of the molecule is C#CCCCCNCc1cncn1C. The molecule has 0 aliphatic carbocycles. The Bertz CT molecular complexity index is 296. The van der Waals surface area contributed by atoms with Gasteiger partial charge in [-0.15, -0.1) is 12.3 Å². The predicted octanol–water partition coefficient (Wildman–Crippen LogP) is 1.31. The van der Waals surface area contributed by atoms with Gasteiger partial charge in [0.2, 0.25) is 0 Å². The molecule has 76 valence electrons. The van der Waals surface area contributed by atoms with Crippen molar-refractivity contribution in [2.45, 2.75) is 25.8 Å². The highest BCUT2D eigenvalue weighted by molar-refractivity contribution is 4.96. The molecule has 0 aliphatic heterocycles. The Morgan fingerprint density at radius 2 is 2.43 bits per heavy atom. The molecule has 0 saturated heterocycles. The van der Waals surface area contributed by atoms with Crippen molar-refractivity contribution < 1.29 is 0 Å². The Hall–Kier alpha value is -1.27. The normalized spacial score (nSPS) is 10.0. The van der Waals surface area contributed by atoms with Crippen LogP contribution < -0.4 is 5.32 Å². The van der Waals surface area contributed by atoms with Gasteiger partial charge in [0.05, 0.1) is 12.0 Å². The van der Waals surface area contributed by atoms with Crippen molar-refractivity contribution in [3.63, 3.8) is 0 Å². The summed E-state index contributed by atoms with van der Waals surface area (Å²) in [6.07, 6.45) is 12.0. The summed E-state index contributed by atoms with van der Waals surface area (Å²) in [7, 11) is 2.00. The van der Waals surface area contributed by atoms with Crippen molar-refractivity contribution in [3.8, 4) is 12.3 Å². The molecule has 3 heteroatoms. The third-order valence-electron chi connectivity index (χ3n) is 2.15. The number of unbranched alkanes of at least 4 members (excludes halogenated alkanes) is 2. The molecule has 14 heavy (non-hydrogen) atoms. The lowest BCUT2D eigenvalue weighted by Gasteiger charge is -2.04. The minimum Gasteiger partial charge on any atom is -0.337 e. The van der Waals surface area contributed by atoms with Crippen molar-refractivity contribution >= 4 is 0 Å². The van der Waals surface area contributed by atoms with Crippen molar-refractivity contribution in [2.75, 3.05) is 6.54 Å². The van der Waals surface area contributed by atoms with Crippen LogP contribution in [0.3, 0.4) is 0 Å². The van der Waals surface area contributed by atoms with Crippen LogP contribution >= 0.6 is 0 Å². The highest BCUT2D eigenvalue weighted by Crippen LogP contribution is 1.96. The van der Waals surface area contributed by atoms with Crippen LogP contribution in [-0.2, 0) is 13.6 Å². The van der Waals surface area contributed by atoms with Crippen molar-refractivity contribution in [2.24, 2.45) is 7.05 Å². The third kappa shape index (κ3) is 3.63. The Balaban J connectivity index is 2.05. The summed E-state index contributed by atoms with van der Waals surface area (Å²) in [5.74, 6) is 2.64. The van der Waals surface area contributed by atoms with Crippen LogP contribution in [0.5, 0.6) is 0 Å². The van der Waals surface area contributed by atoms with Gasteiger partial charge in [-0.1, -0.05) is 0 Å². The molecule has 3 nitrogen and oxygen atoms in total. The zero-order valence-corrected chi connectivity index (χ0v) is 8.66. The first kappa shape index (κ1) is 10.8. The minimum atomic E-state index is 0.882. The first-order valence-corrected chi connectivity index (χ1v) is 4.94. The molecular formula is C11H17N3. The zero-order chi connectivity index (χ0) is 10.2. The molecule has 1 rings (SSSR count). The van der Waals surface area contributed by atoms with Crippen molar-refractivity contribution in [3.05, 3.63) is 18.2 Å². The Morgan fingerprint density at radius 3 is 3.07 bits per heavy atom. The molecule has 1 aromatic heterocycles. The average molecular weight is 191 g/mol. The molecular weight excluding hydrogens is 174 g/mol. The van der Waals surface area contributed by atoms with E-state index in [-0.39, 0.29) is 0 Å². The van der Waals surface area contributed by atoms with Crippen molar-refractivity contribution in [1.82, 2.24) is 14.9 Å². The lowest BCUT2D eigenvalue weighted by molar-refractivity contribution is 0.611. The summed E-state index contributed by atoms with van der Waals surface area (Å²) in [6, 6.07) is 0. The van der Waals surface area contributed by atoms with Gasteiger partial charge in [-0.2, -0.15) is 0 Å². The zero-order valence-electron chi connectivity index (χ0n) is 8.66. The molecule has 0 saturated carbocycles. The van der Waals surface area contributed by atoms with E-state index in [0.29, 0.717) is 0 Å². The van der Waals surface area contributed by atoms with E-state index in [2.05, 4.69) is 16.2 Å². The fourth-order valence-electron chi connectivity index (χ4n) is 1.25. The van der Waals surface area contributed by atoms with E-state index >= 15 is 0 Å². The van der Waals surface area contributed by atoms with Crippen LogP contribution in [0, 0.1) is 12.3 Å². The Morgan fingerprint density at radius 1 is 1.57 bits per heavy atom. The van der Waals surface area contributed by atoms with Gasteiger partial charge < -0.3 is 9.88 Å². The number of imidazole rings is 1. The van der Waals surface area contributed by atoms with Gasteiger partial charge in [0.1, 0.15) is 0 Å². The molecule has 0 fully saturated rings. The maximum atomic E-state index is 5.16. The summed E-state index contributed by atoms with van der Waals surface area (Å²) >= 11 is 0. The fraction of sp³-hybridized carbons (Fsp3) is 0.545. The maximum Gasteiger partial charge on any atom is 0.0945 e. The van der Waals surface area contributed by atoms with E-state index in [1.807, 2.05) is 24.1 Å². The molecule has 0 bridgehead atoms. The van der Waals surface area contributed by atoms with E-state index in [9.17, 15) is 0 Å². The minimum absolute atomic E-state index is 0.882. The molecule has 0 spiro atoms. The number of terminal acetylenes is 1. The molecule has 0 radical (unpaired) electrons. The van der Waals surface area contributed by atoms with E-state index in [0.717, 1.165) is 32.4 Å². The van der Waals surface area contributed by atoms with Crippen LogP contribution in [0.25, 0.3) is 0 Å². The number of hydrogen-bond acceptors (Lipinski definition) is 2. The lowest BCUT2D eigenvalue weighted by Crippen LogP contribution is -2.16. The standard InChI is InChI=1S/C11H17N3/c1-3-4-5-6-7-12-8-11-9-13-10-14(11)2/h1,9-10,12H,4-8H2,2H3. The van der Waals surface area contributed by atoms with E-state index in [1.54, 1.807) is 0 Å². The second-order valence-corrected chi connectivity index (χ2v) is 3.33.